The van der Waals surface area contributed by atoms with Crippen LogP contribution in [0.15, 0.2) is 22.7 Å². The molecule has 0 aliphatic heterocycles. The minimum atomic E-state index is -0.468. The van der Waals surface area contributed by atoms with Gasteiger partial charge in [0.25, 0.3) is 5.91 Å². The number of nitrogens with one attached hydrogen (secondary N) is 2. The van der Waals surface area contributed by atoms with Gasteiger partial charge in [-0.05, 0) is 31.0 Å². The quantitative estimate of drug-likeness (QED) is 0.763. The molecule has 1 aliphatic rings. The van der Waals surface area contributed by atoms with Crippen LogP contribution in [0.4, 0.5) is 0 Å². The van der Waals surface area contributed by atoms with Crippen molar-refractivity contribution in [1.82, 2.24) is 20.8 Å². The molecule has 0 spiro atoms. The van der Waals surface area contributed by atoms with Gasteiger partial charge >= 0.3 is 11.8 Å². The second-order valence-electron chi connectivity index (χ2n) is 5.37. The third-order valence-corrected chi connectivity index (χ3v) is 4.01. The molecular formula is C15H14Cl2N4O3. The average molecular weight is 369 g/mol. The van der Waals surface area contributed by atoms with Gasteiger partial charge in [-0.2, -0.15) is 4.98 Å². The van der Waals surface area contributed by atoms with E-state index >= 15 is 0 Å². The fourth-order valence-electron chi connectivity index (χ4n) is 2.03. The first-order chi connectivity index (χ1) is 11.5. The molecule has 2 aromatic rings. The number of rotatable bonds is 6. The Morgan fingerprint density at radius 2 is 1.88 bits per heavy atom. The molecule has 2 N–H and O–H groups in total. The van der Waals surface area contributed by atoms with Crippen molar-refractivity contribution in [2.24, 2.45) is 0 Å². The molecule has 1 saturated carbocycles. The summed E-state index contributed by atoms with van der Waals surface area (Å²) in [5.41, 5.74) is 0.279. The first-order valence-corrected chi connectivity index (χ1v) is 8.15. The van der Waals surface area contributed by atoms with E-state index in [0.29, 0.717) is 21.8 Å². The number of hydrogen-bond acceptors (Lipinski definition) is 5. The molecule has 126 valence electrons. The van der Waals surface area contributed by atoms with Crippen molar-refractivity contribution in [3.8, 4) is 0 Å². The monoisotopic (exact) mass is 368 g/mol. The number of amides is 2. The van der Waals surface area contributed by atoms with Crippen LogP contribution in [-0.4, -0.2) is 35.0 Å². The number of benzene rings is 1. The van der Waals surface area contributed by atoms with E-state index in [1.807, 2.05) is 0 Å². The highest BCUT2D eigenvalue weighted by Crippen LogP contribution is 2.38. The number of carbonyl (C=O) groups is 2. The van der Waals surface area contributed by atoms with Crippen LogP contribution in [-0.2, 0) is 0 Å². The van der Waals surface area contributed by atoms with Crippen molar-refractivity contribution in [3.05, 3.63) is 45.5 Å². The summed E-state index contributed by atoms with van der Waals surface area (Å²) in [5, 5.41) is 9.73. The molecule has 0 unspecified atom stereocenters. The van der Waals surface area contributed by atoms with Crippen molar-refractivity contribution in [2.75, 3.05) is 13.1 Å². The Bertz CT molecular complexity index is 774. The van der Waals surface area contributed by atoms with Gasteiger partial charge in [0.2, 0.25) is 0 Å². The van der Waals surface area contributed by atoms with Crippen molar-refractivity contribution in [2.45, 2.75) is 18.8 Å². The van der Waals surface area contributed by atoms with Crippen LogP contribution in [0.25, 0.3) is 0 Å². The van der Waals surface area contributed by atoms with Crippen LogP contribution >= 0.6 is 23.2 Å². The lowest BCUT2D eigenvalue weighted by atomic mass is 10.2. The predicted octanol–water partition coefficient (Wildman–Crippen LogP) is 2.41. The first kappa shape index (κ1) is 16.7. The summed E-state index contributed by atoms with van der Waals surface area (Å²) >= 11 is 11.8. The zero-order valence-electron chi connectivity index (χ0n) is 12.5. The van der Waals surface area contributed by atoms with Crippen LogP contribution in [0.2, 0.25) is 10.0 Å². The summed E-state index contributed by atoms with van der Waals surface area (Å²) in [5.74, 6) is -0.0165. The Morgan fingerprint density at radius 1 is 1.17 bits per heavy atom. The molecule has 24 heavy (non-hydrogen) atoms. The number of aromatic nitrogens is 2. The Morgan fingerprint density at radius 3 is 2.58 bits per heavy atom. The van der Waals surface area contributed by atoms with Gasteiger partial charge in [-0.1, -0.05) is 28.4 Å². The fraction of sp³-hybridized carbons (Fsp3) is 0.333. The summed E-state index contributed by atoms with van der Waals surface area (Å²) < 4.78 is 4.91. The summed E-state index contributed by atoms with van der Waals surface area (Å²) in [6.07, 6.45) is 2.05. The van der Waals surface area contributed by atoms with Crippen molar-refractivity contribution in [1.29, 1.82) is 0 Å². The summed E-state index contributed by atoms with van der Waals surface area (Å²) in [6.45, 7) is 0.431. The second kappa shape index (κ2) is 7.19. The minimum absolute atomic E-state index is 0.0684. The van der Waals surface area contributed by atoms with Crippen LogP contribution in [0, 0.1) is 0 Å². The smallest absolute Gasteiger partial charge is 0.315 e. The highest BCUT2D eigenvalue weighted by molar-refractivity contribution is 6.35. The second-order valence-corrected chi connectivity index (χ2v) is 6.21. The van der Waals surface area contributed by atoms with E-state index in [2.05, 4.69) is 20.8 Å². The lowest BCUT2D eigenvalue weighted by Gasteiger charge is -2.07. The van der Waals surface area contributed by atoms with Crippen LogP contribution in [0.1, 0.15) is 45.6 Å². The van der Waals surface area contributed by atoms with E-state index in [1.54, 1.807) is 12.1 Å². The Balaban J connectivity index is 1.45. The van der Waals surface area contributed by atoms with E-state index in [1.165, 1.54) is 6.07 Å². The van der Waals surface area contributed by atoms with Gasteiger partial charge < -0.3 is 15.2 Å². The van der Waals surface area contributed by atoms with E-state index in [4.69, 9.17) is 27.7 Å². The molecule has 2 amide bonds. The van der Waals surface area contributed by atoms with Gasteiger partial charge in [0.15, 0.2) is 5.82 Å². The molecule has 0 atom stereocenters. The lowest BCUT2D eigenvalue weighted by Crippen LogP contribution is -2.35. The number of nitrogens with zero attached hydrogens (tertiary/aromatic N) is 2. The van der Waals surface area contributed by atoms with Crippen LogP contribution in [0.5, 0.6) is 0 Å². The largest absolute Gasteiger partial charge is 0.350 e. The van der Waals surface area contributed by atoms with E-state index in [9.17, 15) is 9.59 Å². The molecule has 3 rings (SSSR count). The Kier molecular flexibility index (Phi) is 5.01. The number of carbonyl (C=O) groups excluding carboxylic acids is 2. The maximum absolute atomic E-state index is 12.0. The van der Waals surface area contributed by atoms with Gasteiger partial charge in [0, 0.05) is 24.0 Å². The molecule has 0 saturated heterocycles. The molecule has 1 heterocycles. The molecule has 0 radical (unpaired) electrons. The summed E-state index contributed by atoms with van der Waals surface area (Å²) in [7, 11) is 0. The number of halogens is 2. The van der Waals surface area contributed by atoms with E-state index < -0.39 is 5.91 Å². The van der Waals surface area contributed by atoms with Crippen LogP contribution in [0.3, 0.4) is 0 Å². The van der Waals surface area contributed by atoms with Crippen molar-refractivity contribution < 1.29 is 14.1 Å². The molecule has 9 heteroatoms. The predicted molar refractivity (Wildman–Crippen MR) is 87.4 cm³/mol. The number of hydrogen-bond donors (Lipinski definition) is 2. The van der Waals surface area contributed by atoms with E-state index in [0.717, 1.165) is 12.8 Å². The summed E-state index contributed by atoms with van der Waals surface area (Å²) in [6, 6.07) is 4.63. The highest BCUT2D eigenvalue weighted by Gasteiger charge is 2.29. The minimum Gasteiger partial charge on any atom is -0.350 e. The highest BCUT2D eigenvalue weighted by atomic mass is 35.5. The third kappa shape index (κ3) is 4.04. The Hall–Kier alpha value is -2.12. The zero-order chi connectivity index (χ0) is 17.1. The molecule has 1 aliphatic carbocycles. The topological polar surface area (TPSA) is 97.1 Å². The van der Waals surface area contributed by atoms with Gasteiger partial charge in [0.05, 0.1) is 10.6 Å². The maximum Gasteiger partial charge on any atom is 0.315 e. The SMILES string of the molecule is O=C(NCCNC(=O)c1cc(Cl)ccc1Cl)c1nc(C2CC2)no1. The normalized spacial score (nSPS) is 13.6. The van der Waals surface area contributed by atoms with Gasteiger partial charge in [-0.15, -0.1) is 0 Å². The van der Waals surface area contributed by atoms with Crippen LogP contribution < -0.4 is 10.6 Å². The summed E-state index contributed by atoms with van der Waals surface area (Å²) in [4.78, 5) is 27.9. The Labute approximate surface area is 147 Å². The lowest BCUT2D eigenvalue weighted by molar-refractivity contribution is 0.0898. The van der Waals surface area contributed by atoms with Gasteiger partial charge in [0.1, 0.15) is 0 Å². The molecule has 7 nitrogen and oxygen atoms in total. The van der Waals surface area contributed by atoms with Gasteiger partial charge in [-0.3, -0.25) is 9.59 Å². The molecule has 1 aromatic carbocycles. The molecule has 0 bridgehead atoms. The molecule has 1 fully saturated rings. The van der Waals surface area contributed by atoms with Crippen molar-refractivity contribution in [3.63, 3.8) is 0 Å². The molecular weight excluding hydrogens is 355 g/mol. The third-order valence-electron chi connectivity index (χ3n) is 3.45. The van der Waals surface area contributed by atoms with E-state index in [-0.39, 0.29) is 30.5 Å². The standard InChI is InChI=1S/C15H14Cl2N4O3/c16-9-3-4-11(17)10(7-9)13(22)18-5-6-19-14(23)15-20-12(21-24-15)8-1-2-8/h3-4,7-8H,1-2,5-6H2,(H,18,22)(H,19,23). The fourth-order valence-corrected chi connectivity index (χ4v) is 2.40. The van der Waals surface area contributed by atoms with Gasteiger partial charge in [-0.25, -0.2) is 0 Å². The maximum atomic E-state index is 12.0. The van der Waals surface area contributed by atoms with Crippen molar-refractivity contribution >= 4 is 35.0 Å². The first-order valence-electron chi connectivity index (χ1n) is 7.39. The average Bonchev–Trinajstić information content (AvgIpc) is 3.30. The zero-order valence-corrected chi connectivity index (χ0v) is 14.0. The molecule has 1 aromatic heterocycles.